The summed E-state index contributed by atoms with van der Waals surface area (Å²) in [5.74, 6) is 0.588. The van der Waals surface area contributed by atoms with Gasteiger partial charge in [-0.15, -0.1) is 11.3 Å². The van der Waals surface area contributed by atoms with Crippen molar-refractivity contribution in [2.75, 3.05) is 16.8 Å². The third-order valence-electron chi connectivity index (χ3n) is 4.72. The zero-order valence-corrected chi connectivity index (χ0v) is 16.2. The lowest BCUT2D eigenvalue weighted by molar-refractivity contribution is -0.119. The van der Waals surface area contributed by atoms with Crippen molar-refractivity contribution in [1.29, 1.82) is 0 Å². The molecule has 2 aliphatic rings. The zero-order valence-electron chi connectivity index (χ0n) is 15.3. The van der Waals surface area contributed by atoms with E-state index in [1.165, 1.54) is 10.4 Å². The number of nitrogens with one attached hydrogen (secondary N) is 1. The Morgan fingerprint density at radius 1 is 1.32 bits per heavy atom. The topological polar surface area (TPSA) is 45.2 Å². The summed E-state index contributed by atoms with van der Waals surface area (Å²) >= 11 is 1.70. The predicted octanol–water partition coefficient (Wildman–Crippen LogP) is 4.63. The van der Waals surface area contributed by atoms with E-state index in [0.29, 0.717) is 5.91 Å². The van der Waals surface area contributed by atoms with Crippen LogP contribution < -0.4 is 10.2 Å². The third kappa shape index (κ3) is 3.30. The molecule has 1 N–H and O–H groups in total. The number of aryl methyl sites for hydroxylation is 1. The van der Waals surface area contributed by atoms with E-state index in [2.05, 4.69) is 51.2 Å². The van der Waals surface area contributed by atoms with Gasteiger partial charge in [0, 0.05) is 34.1 Å². The molecule has 0 atom stereocenters. The average Bonchev–Trinajstić information content (AvgIpc) is 3.20. The molecule has 25 heavy (non-hydrogen) atoms. The van der Waals surface area contributed by atoms with Gasteiger partial charge in [0.25, 0.3) is 0 Å². The second kappa shape index (κ2) is 5.84. The van der Waals surface area contributed by atoms with Crippen LogP contribution in [0.1, 0.15) is 44.1 Å². The number of fused-ring (bicyclic) bond motifs is 1. The van der Waals surface area contributed by atoms with Gasteiger partial charge in [-0.25, -0.2) is 4.98 Å². The molecule has 0 spiro atoms. The molecule has 0 saturated heterocycles. The first kappa shape index (κ1) is 16.6. The summed E-state index contributed by atoms with van der Waals surface area (Å²) in [6.45, 7) is 9.37. The molecule has 1 saturated carbocycles. The number of thiazole rings is 1. The second-order valence-corrected chi connectivity index (χ2v) is 9.36. The van der Waals surface area contributed by atoms with Crippen LogP contribution in [0.5, 0.6) is 0 Å². The maximum atomic E-state index is 12.4. The number of hydrogen-bond donors (Lipinski definition) is 1. The minimum atomic E-state index is 0.00315. The molecule has 4 rings (SSSR count). The summed E-state index contributed by atoms with van der Waals surface area (Å²) < 4.78 is 0. The van der Waals surface area contributed by atoms with E-state index in [1.807, 2.05) is 4.90 Å². The van der Waals surface area contributed by atoms with Crippen molar-refractivity contribution in [1.82, 2.24) is 4.98 Å². The molecule has 1 aliphatic carbocycles. The van der Waals surface area contributed by atoms with Crippen LogP contribution in [-0.2, 0) is 11.2 Å². The fraction of sp³-hybridized carbons (Fsp3) is 0.500. The van der Waals surface area contributed by atoms with Crippen LogP contribution in [-0.4, -0.2) is 23.0 Å². The van der Waals surface area contributed by atoms with Crippen LogP contribution in [0.25, 0.3) is 11.3 Å². The highest BCUT2D eigenvalue weighted by molar-refractivity contribution is 7.16. The molecular weight excluding hydrogens is 330 g/mol. The largest absolute Gasteiger partial charge is 0.357 e. The van der Waals surface area contributed by atoms with Crippen LogP contribution in [0.4, 0.5) is 10.8 Å². The number of carbonyl (C=O) groups excluding carboxylic acids is 1. The number of amides is 1. The molecule has 1 aromatic carbocycles. The van der Waals surface area contributed by atoms with E-state index in [-0.39, 0.29) is 11.5 Å². The summed E-state index contributed by atoms with van der Waals surface area (Å²) in [7, 11) is 0. The fourth-order valence-corrected chi connectivity index (χ4v) is 4.41. The van der Waals surface area contributed by atoms with Gasteiger partial charge in [0.2, 0.25) is 5.91 Å². The maximum Gasteiger partial charge on any atom is 0.230 e. The lowest BCUT2D eigenvalue weighted by atomic mass is 10.1. The van der Waals surface area contributed by atoms with E-state index >= 15 is 0 Å². The molecule has 1 aromatic heterocycles. The third-order valence-corrected chi connectivity index (χ3v) is 5.61. The molecule has 1 amide bonds. The monoisotopic (exact) mass is 355 g/mol. The van der Waals surface area contributed by atoms with Crippen LogP contribution in [0.3, 0.4) is 0 Å². The van der Waals surface area contributed by atoms with Crippen LogP contribution >= 0.6 is 11.3 Å². The minimum Gasteiger partial charge on any atom is -0.357 e. The summed E-state index contributed by atoms with van der Waals surface area (Å²) in [5.41, 5.74) is 4.57. The molecular formula is C20H25N3OS. The number of benzene rings is 1. The smallest absolute Gasteiger partial charge is 0.230 e. The SMILES string of the molecule is Cc1sc(NC(C)(C)C)nc1-c1ccc2c(c1)CCN2C(=O)C1CC1. The van der Waals surface area contributed by atoms with E-state index in [0.717, 1.165) is 47.9 Å². The summed E-state index contributed by atoms with van der Waals surface area (Å²) in [5, 5.41) is 4.42. The summed E-state index contributed by atoms with van der Waals surface area (Å²) in [6.07, 6.45) is 3.06. The number of anilines is 2. The lowest BCUT2D eigenvalue weighted by Crippen LogP contribution is -2.30. The number of aromatic nitrogens is 1. The molecule has 2 heterocycles. The van der Waals surface area contributed by atoms with Crippen molar-refractivity contribution in [3.63, 3.8) is 0 Å². The normalized spacial score (nSPS) is 16.9. The predicted molar refractivity (Wildman–Crippen MR) is 104 cm³/mol. The minimum absolute atomic E-state index is 0.00315. The number of nitrogens with zero attached hydrogens (tertiary/aromatic N) is 2. The molecule has 0 radical (unpaired) electrons. The van der Waals surface area contributed by atoms with Crippen molar-refractivity contribution < 1.29 is 4.79 Å². The summed E-state index contributed by atoms with van der Waals surface area (Å²) in [6, 6.07) is 6.44. The van der Waals surface area contributed by atoms with Gasteiger partial charge in [0.1, 0.15) is 0 Å². The van der Waals surface area contributed by atoms with Gasteiger partial charge in [0.15, 0.2) is 5.13 Å². The first-order valence-electron chi connectivity index (χ1n) is 9.02. The van der Waals surface area contributed by atoms with Gasteiger partial charge >= 0.3 is 0 Å². The van der Waals surface area contributed by atoms with Crippen molar-refractivity contribution >= 4 is 28.1 Å². The van der Waals surface area contributed by atoms with E-state index < -0.39 is 0 Å². The first-order chi connectivity index (χ1) is 11.8. The van der Waals surface area contributed by atoms with Gasteiger partial charge in [-0.2, -0.15) is 0 Å². The lowest BCUT2D eigenvalue weighted by Gasteiger charge is -2.19. The van der Waals surface area contributed by atoms with E-state index in [4.69, 9.17) is 4.98 Å². The molecule has 0 unspecified atom stereocenters. The highest BCUT2D eigenvalue weighted by Crippen LogP contribution is 2.39. The van der Waals surface area contributed by atoms with E-state index in [9.17, 15) is 4.79 Å². The fourth-order valence-electron chi connectivity index (χ4n) is 3.37. The quantitative estimate of drug-likeness (QED) is 0.873. The Kier molecular flexibility index (Phi) is 3.87. The molecule has 4 nitrogen and oxygen atoms in total. The van der Waals surface area contributed by atoms with Crippen molar-refractivity contribution in [2.24, 2.45) is 5.92 Å². The van der Waals surface area contributed by atoms with Gasteiger partial charge in [0.05, 0.1) is 5.69 Å². The highest BCUT2D eigenvalue weighted by Gasteiger charge is 2.36. The molecule has 2 aromatic rings. The van der Waals surface area contributed by atoms with Crippen molar-refractivity contribution in [3.8, 4) is 11.3 Å². The molecule has 132 valence electrons. The van der Waals surface area contributed by atoms with Gasteiger partial charge < -0.3 is 10.2 Å². The van der Waals surface area contributed by atoms with Crippen molar-refractivity contribution in [2.45, 2.75) is 52.5 Å². The molecule has 1 aliphatic heterocycles. The standard InChI is InChI=1S/C20H25N3OS/c1-12-17(21-19(25-12)22-20(2,3)4)15-7-8-16-14(11-15)9-10-23(16)18(24)13-5-6-13/h7-8,11,13H,5-6,9-10H2,1-4H3,(H,21,22). The Bertz CT molecular complexity index is 830. The second-order valence-electron chi connectivity index (χ2n) is 8.16. The Labute approximate surface area is 153 Å². The van der Waals surface area contributed by atoms with E-state index in [1.54, 1.807) is 11.3 Å². The van der Waals surface area contributed by atoms with Crippen LogP contribution in [0, 0.1) is 12.8 Å². The van der Waals surface area contributed by atoms with Gasteiger partial charge in [-0.3, -0.25) is 4.79 Å². The van der Waals surface area contributed by atoms with Crippen LogP contribution in [0.15, 0.2) is 18.2 Å². The number of rotatable bonds is 3. The maximum absolute atomic E-state index is 12.4. The highest BCUT2D eigenvalue weighted by atomic mass is 32.1. The number of hydrogen-bond acceptors (Lipinski definition) is 4. The van der Waals surface area contributed by atoms with Crippen LogP contribution in [0.2, 0.25) is 0 Å². The first-order valence-corrected chi connectivity index (χ1v) is 9.84. The summed E-state index contributed by atoms with van der Waals surface area (Å²) in [4.78, 5) is 20.4. The molecule has 5 heteroatoms. The Morgan fingerprint density at radius 3 is 2.76 bits per heavy atom. The van der Waals surface area contributed by atoms with Crippen molar-refractivity contribution in [3.05, 3.63) is 28.6 Å². The Balaban J connectivity index is 1.62. The van der Waals surface area contributed by atoms with Gasteiger partial charge in [-0.1, -0.05) is 6.07 Å². The molecule has 1 fully saturated rings. The molecule has 0 bridgehead atoms. The number of carbonyl (C=O) groups is 1. The Hall–Kier alpha value is -1.88. The van der Waals surface area contributed by atoms with Gasteiger partial charge in [-0.05, 0) is 64.7 Å². The average molecular weight is 356 g/mol. The Morgan fingerprint density at radius 2 is 2.08 bits per heavy atom. The zero-order chi connectivity index (χ0) is 17.8.